The molecule has 1 heterocycles. The first kappa shape index (κ1) is 21.0. The number of rotatable bonds is 5. The maximum Gasteiger partial charge on any atom is 0.410 e. The van der Waals surface area contributed by atoms with Gasteiger partial charge in [-0.3, -0.25) is 0 Å². The number of hydrogen-bond donors (Lipinski definition) is 1. The van der Waals surface area contributed by atoms with E-state index in [1.165, 1.54) is 0 Å². The molecule has 0 aliphatic carbocycles. The molecule has 5 heteroatoms. The zero-order chi connectivity index (χ0) is 20.9. The van der Waals surface area contributed by atoms with Crippen LogP contribution in [0.4, 0.5) is 10.5 Å². The number of para-hydroxylation sites is 1. The summed E-state index contributed by atoms with van der Waals surface area (Å²) in [4.78, 5) is 14.3. The largest absolute Gasteiger partial charge is 0.457 e. The van der Waals surface area contributed by atoms with Gasteiger partial charge in [-0.25, -0.2) is 4.79 Å². The van der Waals surface area contributed by atoms with Crippen molar-refractivity contribution in [1.82, 2.24) is 4.90 Å². The first-order chi connectivity index (χ1) is 13.7. The number of benzene rings is 2. The fraction of sp³-hybridized carbons (Fsp3) is 0.458. The van der Waals surface area contributed by atoms with E-state index < -0.39 is 5.60 Å². The number of piperidine rings is 1. The third kappa shape index (κ3) is 6.41. The normalized spacial score (nSPS) is 19.5. The molecule has 1 unspecified atom stereocenters. The van der Waals surface area contributed by atoms with Crippen LogP contribution in [0.1, 0.15) is 40.5 Å². The number of carbonyl (C=O) groups is 1. The molecule has 1 amide bonds. The Balaban J connectivity index is 1.53. The lowest BCUT2D eigenvalue weighted by atomic mass is 9.82. The number of amides is 1. The van der Waals surface area contributed by atoms with Gasteiger partial charge in [-0.2, -0.15) is 0 Å². The van der Waals surface area contributed by atoms with Crippen molar-refractivity contribution in [2.75, 3.05) is 25.0 Å². The number of nitrogens with zero attached hydrogens (tertiary/aromatic N) is 1. The Morgan fingerprint density at radius 2 is 1.72 bits per heavy atom. The van der Waals surface area contributed by atoms with Crippen LogP contribution in [0, 0.1) is 5.41 Å². The van der Waals surface area contributed by atoms with Crippen LogP contribution in [0.3, 0.4) is 0 Å². The molecule has 0 spiro atoms. The fourth-order valence-corrected chi connectivity index (χ4v) is 3.52. The molecule has 5 nitrogen and oxygen atoms in total. The number of ether oxygens (including phenoxy) is 2. The predicted molar refractivity (Wildman–Crippen MR) is 117 cm³/mol. The number of anilines is 1. The van der Waals surface area contributed by atoms with Gasteiger partial charge in [-0.15, -0.1) is 0 Å². The molecule has 2 aromatic carbocycles. The van der Waals surface area contributed by atoms with Crippen molar-refractivity contribution in [3.8, 4) is 11.5 Å². The van der Waals surface area contributed by atoms with Gasteiger partial charge in [0, 0.05) is 30.7 Å². The molecule has 1 fully saturated rings. The number of likely N-dealkylation sites (tertiary alicyclic amines) is 1. The second-order valence-electron chi connectivity index (χ2n) is 9.11. The van der Waals surface area contributed by atoms with Crippen molar-refractivity contribution in [1.29, 1.82) is 0 Å². The molecule has 0 radical (unpaired) electrons. The highest BCUT2D eigenvalue weighted by molar-refractivity contribution is 5.68. The molecule has 1 aliphatic rings. The lowest BCUT2D eigenvalue weighted by Crippen LogP contribution is -2.49. The SMILES string of the molecule is CC1(CNc2ccc(Oc3ccccc3)cc2)CCCN(C(=O)OC(C)(C)C)C1. The highest BCUT2D eigenvalue weighted by atomic mass is 16.6. The van der Waals surface area contributed by atoms with Crippen molar-refractivity contribution >= 4 is 11.8 Å². The van der Waals surface area contributed by atoms with E-state index in [-0.39, 0.29) is 11.5 Å². The summed E-state index contributed by atoms with van der Waals surface area (Å²) in [6.45, 7) is 10.2. The third-order valence-electron chi connectivity index (χ3n) is 4.99. The van der Waals surface area contributed by atoms with Crippen LogP contribution in [0.25, 0.3) is 0 Å². The molecule has 2 aromatic rings. The second-order valence-corrected chi connectivity index (χ2v) is 9.11. The Labute approximate surface area is 174 Å². The van der Waals surface area contributed by atoms with Crippen LogP contribution < -0.4 is 10.1 Å². The Hall–Kier alpha value is -2.69. The molecule has 156 valence electrons. The van der Waals surface area contributed by atoms with Gasteiger partial charge in [0.25, 0.3) is 0 Å². The number of nitrogens with one attached hydrogen (secondary N) is 1. The van der Waals surface area contributed by atoms with Gasteiger partial charge in [0.2, 0.25) is 0 Å². The monoisotopic (exact) mass is 396 g/mol. The van der Waals surface area contributed by atoms with Gasteiger partial charge in [0.05, 0.1) is 0 Å². The molecule has 3 rings (SSSR count). The average molecular weight is 397 g/mol. The van der Waals surface area contributed by atoms with E-state index >= 15 is 0 Å². The Kier molecular flexibility index (Phi) is 6.36. The number of hydrogen-bond acceptors (Lipinski definition) is 4. The van der Waals surface area contributed by atoms with Crippen molar-refractivity contribution in [3.63, 3.8) is 0 Å². The van der Waals surface area contributed by atoms with Gasteiger partial charge in [-0.1, -0.05) is 25.1 Å². The summed E-state index contributed by atoms with van der Waals surface area (Å²) in [5, 5.41) is 3.52. The maximum atomic E-state index is 12.4. The summed E-state index contributed by atoms with van der Waals surface area (Å²) < 4.78 is 11.4. The van der Waals surface area contributed by atoms with Crippen molar-refractivity contribution < 1.29 is 14.3 Å². The first-order valence-electron chi connectivity index (χ1n) is 10.3. The minimum atomic E-state index is -0.466. The van der Waals surface area contributed by atoms with Crippen molar-refractivity contribution in [3.05, 3.63) is 54.6 Å². The molecule has 1 aliphatic heterocycles. The predicted octanol–water partition coefficient (Wildman–Crippen LogP) is 5.93. The zero-order valence-electron chi connectivity index (χ0n) is 17.9. The summed E-state index contributed by atoms with van der Waals surface area (Å²) in [6.07, 6.45) is 1.85. The molecule has 0 saturated carbocycles. The van der Waals surface area contributed by atoms with E-state index in [9.17, 15) is 4.79 Å². The van der Waals surface area contributed by atoms with E-state index in [1.807, 2.05) is 80.3 Å². The van der Waals surface area contributed by atoms with Gasteiger partial charge in [-0.05, 0) is 70.0 Å². The Morgan fingerprint density at radius 1 is 1.07 bits per heavy atom. The Bertz CT molecular complexity index is 799. The molecule has 1 saturated heterocycles. The lowest BCUT2D eigenvalue weighted by molar-refractivity contribution is 0.00837. The van der Waals surface area contributed by atoms with Crippen molar-refractivity contribution in [2.24, 2.45) is 5.41 Å². The van der Waals surface area contributed by atoms with Crippen LogP contribution in [0.15, 0.2) is 54.6 Å². The summed E-state index contributed by atoms with van der Waals surface area (Å²) in [5.74, 6) is 1.63. The summed E-state index contributed by atoms with van der Waals surface area (Å²) in [5.41, 5.74) is 0.585. The molecule has 1 atom stereocenters. The average Bonchev–Trinajstić information content (AvgIpc) is 2.67. The standard InChI is InChI=1S/C24H32N2O3/c1-23(2,3)29-22(27)26-16-8-15-24(4,18-26)17-25-19-11-13-21(14-12-19)28-20-9-6-5-7-10-20/h5-7,9-14,25H,8,15-18H2,1-4H3. The van der Waals surface area contributed by atoms with Gasteiger partial charge < -0.3 is 19.7 Å². The van der Waals surface area contributed by atoms with E-state index in [2.05, 4.69) is 12.2 Å². The molecule has 1 N–H and O–H groups in total. The summed E-state index contributed by atoms with van der Waals surface area (Å²) in [7, 11) is 0. The van der Waals surface area contributed by atoms with Gasteiger partial charge >= 0.3 is 6.09 Å². The Morgan fingerprint density at radius 3 is 2.38 bits per heavy atom. The zero-order valence-corrected chi connectivity index (χ0v) is 17.9. The lowest BCUT2D eigenvalue weighted by Gasteiger charge is -2.41. The van der Waals surface area contributed by atoms with Crippen LogP contribution in [-0.2, 0) is 4.74 Å². The van der Waals surface area contributed by atoms with Crippen LogP contribution >= 0.6 is 0 Å². The minimum absolute atomic E-state index is 0.00830. The van der Waals surface area contributed by atoms with Crippen molar-refractivity contribution in [2.45, 2.75) is 46.1 Å². The first-order valence-corrected chi connectivity index (χ1v) is 10.3. The second kappa shape index (κ2) is 8.76. The summed E-state index contributed by atoms with van der Waals surface area (Å²) in [6, 6.07) is 17.7. The maximum absolute atomic E-state index is 12.4. The van der Waals surface area contributed by atoms with Gasteiger partial charge in [0.15, 0.2) is 0 Å². The highest BCUT2D eigenvalue weighted by Gasteiger charge is 2.34. The fourth-order valence-electron chi connectivity index (χ4n) is 3.52. The highest BCUT2D eigenvalue weighted by Crippen LogP contribution is 2.31. The van der Waals surface area contributed by atoms with Crippen LogP contribution in [0.5, 0.6) is 11.5 Å². The molecule has 0 aromatic heterocycles. The van der Waals surface area contributed by atoms with E-state index in [0.29, 0.717) is 6.54 Å². The van der Waals surface area contributed by atoms with Gasteiger partial charge in [0.1, 0.15) is 17.1 Å². The molecule has 0 bridgehead atoms. The quantitative estimate of drug-likeness (QED) is 0.681. The molecular weight excluding hydrogens is 364 g/mol. The van der Waals surface area contributed by atoms with Crippen LogP contribution in [0.2, 0.25) is 0 Å². The topological polar surface area (TPSA) is 50.8 Å². The van der Waals surface area contributed by atoms with E-state index in [1.54, 1.807) is 0 Å². The van der Waals surface area contributed by atoms with Crippen LogP contribution in [-0.4, -0.2) is 36.2 Å². The third-order valence-corrected chi connectivity index (χ3v) is 4.99. The smallest absolute Gasteiger partial charge is 0.410 e. The van der Waals surface area contributed by atoms with E-state index in [0.717, 1.165) is 43.1 Å². The molecular formula is C24H32N2O3. The summed E-state index contributed by atoms with van der Waals surface area (Å²) >= 11 is 0. The van der Waals surface area contributed by atoms with E-state index in [4.69, 9.17) is 9.47 Å². The minimum Gasteiger partial charge on any atom is -0.457 e. The molecule has 29 heavy (non-hydrogen) atoms. The number of carbonyl (C=O) groups excluding carboxylic acids is 1.